The van der Waals surface area contributed by atoms with Gasteiger partial charge in [-0.3, -0.25) is 4.79 Å². The van der Waals surface area contributed by atoms with Gasteiger partial charge < -0.3 is 19.5 Å². The number of benzene rings is 3. The van der Waals surface area contributed by atoms with E-state index in [1.807, 2.05) is 6.07 Å². The van der Waals surface area contributed by atoms with Gasteiger partial charge in [0, 0.05) is 30.5 Å². The molecule has 1 fully saturated rings. The van der Waals surface area contributed by atoms with Gasteiger partial charge in [-0.05, 0) is 67.3 Å². The number of hydrogen-bond donors (Lipinski definition) is 1. The van der Waals surface area contributed by atoms with Gasteiger partial charge in [-0.1, -0.05) is 12.1 Å². The summed E-state index contributed by atoms with van der Waals surface area (Å²) in [6.45, 7) is 2.11. The van der Waals surface area contributed by atoms with Crippen molar-refractivity contribution in [2.45, 2.75) is 25.2 Å². The van der Waals surface area contributed by atoms with Crippen LogP contribution in [0, 0.1) is 23.4 Å². The molecule has 0 unspecified atom stereocenters. The lowest BCUT2D eigenvalue weighted by Crippen LogP contribution is -2.38. The fourth-order valence-corrected chi connectivity index (χ4v) is 4.84. The molecule has 3 aromatic rings. The van der Waals surface area contributed by atoms with Crippen LogP contribution in [0.3, 0.4) is 0 Å². The first-order valence-corrected chi connectivity index (χ1v) is 12.0. The minimum absolute atomic E-state index is 0.0522. The molecule has 0 aromatic heterocycles. The Hall–Kier alpha value is -3.52. The molecule has 0 spiro atoms. The van der Waals surface area contributed by atoms with Gasteiger partial charge >= 0.3 is 0 Å². The highest BCUT2D eigenvalue weighted by Gasteiger charge is 2.28. The van der Waals surface area contributed by atoms with E-state index in [-0.39, 0.29) is 42.6 Å². The first-order chi connectivity index (χ1) is 17.5. The predicted molar refractivity (Wildman–Crippen MR) is 127 cm³/mol. The van der Waals surface area contributed by atoms with Gasteiger partial charge in [-0.2, -0.15) is 0 Å². The minimum Gasteiger partial charge on any atom is -0.493 e. The third-order valence-corrected chi connectivity index (χ3v) is 6.80. The number of rotatable bonds is 8. The quantitative estimate of drug-likeness (QED) is 0.421. The molecule has 1 saturated heterocycles. The molecular formula is C28H26F3NO4. The summed E-state index contributed by atoms with van der Waals surface area (Å²) in [5.41, 5.74) is 0.623. The number of nitrogens with one attached hydrogen (secondary N) is 1. The van der Waals surface area contributed by atoms with Crippen molar-refractivity contribution in [2.24, 2.45) is 5.92 Å². The summed E-state index contributed by atoms with van der Waals surface area (Å²) >= 11 is 0. The Morgan fingerprint density at radius 1 is 0.972 bits per heavy atom. The maximum atomic E-state index is 14.6. The van der Waals surface area contributed by atoms with Crippen LogP contribution in [0.2, 0.25) is 0 Å². The van der Waals surface area contributed by atoms with E-state index >= 15 is 0 Å². The Kier molecular flexibility index (Phi) is 7.13. The van der Waals surface area contributed by atoms with E-state index in [2.05, 4.69) is 5.32 Å². The van der Waals surface area contributed by atoms with Crippen molar-refractivity contribution < 1.29 is 32.2 Å². The van der Waals surface area contributed by atoms with Crippen LogP contribution in [-0.4, -0.2) is 32.3 Å². The highest BCUT2D eigenvalue weighted by Crippen LogP contribution is 2.36. The van der Waals surface area contributed by atoms with Crippen LogP contribution in [0.15, 0.2) is 54.6 Å². The molecule has 1 N–H and O–H groups in total. The second-order valence-corrected chi connectivity index (χ2v) is 9.05. The zero-order chi connectivity index (χ0) is 25.1. The van der Waals surface area contributed by atoms with Gasteiger partial charge in [0.05, 0.1) is 12.2 Å². The van der Waals surface area contributed by atoms with Gasteiger partial charge in [0.25, 0.3) is 0 Å². The molecule has 0 amide bonds. The molecule has 2 aliphatic rings. The maximum Gasteiger partial charge on any atom is 0.231 e. The summed E-state index contributed by atoms with van der Waals surface area (Å²) in [6.07, 6.45) is 0.469. The highest BCUT2D eigenvalue weighted by molar-refractivity contribution is 5.96. The summed E-state index contributed by atoms with van der Waals surface area (Å²) < 4.78 is 59.3. The number of Topliss-reactive ketones (excluding diaryl/α,β-unsaturated/α-hetero) is 1. The van der Waals surface area contributed by atoms with Crippen molar-refractivity contribution in [3.63, 3.8) is 0 Å². The van der Waals surface area contributed by atoms with Gasteiger partial charge in [-0.25, -0.2) is 13.2 Å². The number of carbonyl (C=O) groups is 1. The Labute approximate surface area is 207 Å². The number of ether oxygens (including phenoxy) is 3. The first kappa shape index (κ1) is 24.2. The van der Waals surface area contributed by atoms with Crippen LogP contribution in [0.5, 0.6) is 17.2 Å². The number of piperidine rings is 1. The highest BCUT2D eigenvalue weighted by atomic mass is 19.1. The van der Waals surface area contributed by atoms with Crippen LogP contribution in [0.25, 0.3) is 0 Å². The van der Waals surface area contributed by atoms with Crippen LogP contribution in [0.1, 0.15) is 40.2 Å². The van der Waals surface area contributed by atoms with Crippen LogP contribution in [-0.2, 0) is 6.42 Å². The van der Waals surface area contributed by atoms with E-state index in [1.165, 1.54) is 12.1 Å². The molecule has 8 heteroatoms. The molecule has 36 heavy (non-hydrogen) atoms. The zero-order valence-electron chi connectivity index (χ0n) is 19.6. The second kappa shape index (κ2) is 10.6. The molecule has 0 bridgehead atoms. The average molecular weight is 498 g/mol. The van der Waals surface area contributed by atoms with E-state index in [0.29, 0.717) is 30.4 Å². The molecule has 5 rings (SSSR count). The van der Waals surface area contributed by atoms with Gasteiger partial charge in [0.15, 0.2) is 17.3 Å². The molecule has 2 heterocycles. The van der Waals surface area contributed by atoms with Gasteiger partial charge in [0.2, 0.25) is 6.79 Å². The fraction of sp³-hybridized carbons (Fsp3) is 0.321. The van der Waals surface area contributed by atoms with E-state index < -0.39 is 23.2 Å². The van der Waals surface area contributed by atoms with Crippen molar-refractivity contribution in [1.29, 1.82) is 0 Å². The van der Waals surface area contributed by atoms with E-state index in [9.17, 15) is 18.0 Å². The van der Waals surface area contributed by atoms with E-state index in [4.69, 9.17) is 14.2 Å². The normalized spacial score (nSPS) is 18.8. The monoisotopic (exact) mass is 497 g/mol. The van der Waals surface area contributed by atoms with Crippen molar-refractivity contribution in [1.82, 2.24) is 5.32 Å². The number of fused-ring (bicyclic) bond motifs is 1. The topological polar surface area (TPSA) is 56.8 Å². The molecule has 2 aliphatic heterocycles. The van der Waals surface area contributed by atoms with Crippen molar-refractivity contribution in [2.75, 3.05) is 26.5 Å². The standard InChI is InChI=1S/C28H26F3NO4/c29-23-2-1-3-24(30)21(23)6-8-26(33)22-12-17(4-7-25(22)31)20-10-11-32-14-18(20)15-34-19-5-9-27-28(13-19)36-16-35-27/h1-5,7,9,12-13,18,20,32H,6,8,10-11,14-16H2/t18-,20-/m0/s1. The smallest absolute Gasteiger partial charge is 0.231 e. The summed E-state index contributed by atoms with van der Waals surface area (Å²) in [5, 5.41) is 3.37. The molecule has 2 atom stereocenters. The minimum atomic E-state index is -0.711. The molecule has 0 aliphatic carbocycles. The summed E-state index contributed by atoms with van der Waals surface area (Å²) in [6, 6.07) is 13.6. The number of carbonyl (C=O) groups excluding carboxylic acids is 1. The summed E-state index contributed by atoms with van der Waals surface area (Å²) in [7, 11) is 0. The van der Waals surface area contributed by atoms with Crippen LogP contribution >= 0.6 is 0 Å². The lowest BCUT2D eigenvalue weighted by molar-refractivity contribution is 0.0978. The van der Waals surface area contributed by atoms with Crippen LogP contribution in [0.4, 0.5) is 13.2 Å². The molecule has 0 radical (unpaired) electrons. The number of hydrogen-bond acceptors (Lipinski definition) is 5. The summed E-state index contributed by atoms with van der Waals surface area (Å²) in [4.78, 5) is 12.8. The molecule has 188 valence electrons. The Morgan fingerprint density at radius 2 is 1.78 bits per heavy atom. The van der Waals surface area contributed by atoms with Crippen LogP contribution < -0.4 is 19.5 Å². The first-order valence-electron chi connectivity index (χ1n) is 12.0. The van der Waals surface area contributed by atoms with Gasteiger partial charge in [0.1, 0.15) is 23.2 Å². The SMILES string of the molecule is O=C(CCc1c(F)cccc1F)c1cc([C@@H]2CCNC[C@H]2COc2ccc3c(c2)OCO3)ccc1F. The lowest BCUT2D eigenvalue weighted by Gasteiger charge is -2.32. The molecular weight excluding hydrogens is 471 g/mol. The Morgan fingerprint density at radius 3 is 2.61 bits per heavy atom. The fourth-order valence-electron chi connectivity index (χ4n) is 4.84. The zero-order valence-corrected chi connectivity index (χ0v) is 19.6. The van der Waals surface area contributed by atoms with E-state index in [1.54, 1.807) is 24.3 Å². The van der Waals surface area contributed by atoms with Crippen molar-refractivity contribution in [3.8, 4) is 17.2 Å². The van der Waals surface area contributed by atoms with E-state index in [0.717, 1.165) is 30.7 Å². The summed E-state index contributed by atoms with van der Waals surface area (Å²) in [5.74, 6) is -0.419. The number of ketones is 1. The Bertz CT molecular complexity index is 1250. The van der Waals surface area contributed by atoms with Crippen molar-refractivity contribution >= 4 is 5.78 Å². The predicted octanol–water partition coefficient (Wildman–Crippen LogP) is 5.42. The third kappa shape index (κ3) is 5.18. The second-order valence-electron chi connectivity index (χ2n) is 9.05. The maximum absolute atomic E-state index is 14.6. The molecule has 3 aromatic carbocycles. The molecule has 5 nitrogen and oxygen atoms in total. The number of halogens is 3. The Balaban J connectivity index is 1.28. The lowest BCUT2D eigenvalue weighted by atomic mass is 9.80. The molecule has 0 saturated carbocycles. The average Bonchev–Trinajstić information content (AvgIpc) is 3.35. The van der Waals surface area contributed by atoms with Gasteiger partial charge in [-0.15, -0.1) is 0 Å². The largest absolute Gasteiger partial charge is 0.493 e. The third-order valence-electron chi connectivity index (χ3n) is 6.80. The van der Waals surface area contributed by atoms with Crippen molar-refractivity contribution in [3.05, 3.63) is 88.7 Å².